The summed E-state index contributed by atoms with van der Waals surface area (Å²) in [6.07, 6.45) is 5.97. The van der Waals surface area contributed by atoms with E-state index in [4.69, 9.17) is 5.73 Å². The van der Waals surface area contributed by atoms with Crippen molar-refractivity contribution in [3.8, 4) is 0 Å². The Hall–Kier alpha value is -7.67. The van der Waals surface area contributed by atoms with Crippen LogP contribution in [0.5, 0.6) is 0 Å². The predicted molar refractivity (Wildman–Crippen MR) is 275 cm³/mol. The van der Waals surface area contributed by atoms with Gasteiger partial charge in [-0.3, -0.25) is 43.3 Å². The van der Waals surface area contributed by atoms with Crippen LogP contribution in [0.4, 0.5) is 16.2 Å². The molecule has 9 N–H and O–H groups in total. The van der Waals surface area contributed by atoms with Crippen LogP contribution >= 0.6 is 0 Å². The number of carbonyl (C=O) groups is 9. The number of nitrogens with one attached hydrogen (secondary N) is 7. The summed E-state index contributed by atoms with van der Waals surface area (Å²) >= 11 is 0. The number of fused-ring (bicyclic) bond motifs is 4. The molecular weight excluding hydrogens is 921 g/mol. The smallest absolute Gasteiger partial charge is 0.312 e. The zero-order valence-electron chi connectivity index (χ0n) is 41.9. The third-order valence-electron chi connectivity index (χ3n) is 12.8. The molecule has 0 spiro atoms. The van der Waals surface area contributed by atoms with E-state index in [0.29, 0.717) is 48.6 Å². The van der Waals surface area contributed by atoms with Gasteiger partial charge in [-0.25, -0.2) is 4.79 Å². The number of aromatic amines is 1. The first-order valence-corrected chi connectivity index (χ1v) is 24.4. The Morgan fingerprint density at radius 2 is 1.60 bits per heavy atom. The zero-order valence-corrected chi connectivity index (χ0v) is 41.9. The van der Waals surface area contributed by atoms with Gasteiger partial charge in [0.1, 0.15) is 0 Å². The molecule has 2 aliphatic heterocycles. The molecule has 4 aromatic rings. The van der Waals surface area contributed by atoms with Crippen LogP contribution in [-0.4, -0.2) is 121 Å². The minimum absolute atomic E-state index is 0.0409. The third kappa shape index (κ3) is 14.7. The fourth-order valence-corrected chi connectivity index (χ4v) is 8.77. The summed E-state index contributed by atoms with van der Waals surface area (Å²) < 4.78 is 0. The van der Waals surface area contributed by atoms with Gasteiger partial charge in [-0.1, -0.05) is 52.0 Å². The van der Waals surface area contributed by atoms with E-state index in [-0.39, 0.29) is 85.0 Å². The van der Waals surface area contributed by atoms with Crippen LogP contribution in [0.3, 0.4) is 0 Å². The van der Waals surface area contributed by atoms with Crippen molar-refractivity contribution in [1.29, 1.82) is 0 Å². The Bertz CT molecular complexity index is 2660. The summed E-state index contributed by atoms with van der Waals surface area (Å²) in [6, 6.07) is 20.2. The largest absolute Gasteiger partial charge is 0.377 e. The molecule has 0 saturated carbocycles. The molecule has 3 heterocycles. The molecule has 7 rings (SSSR count). The second kappa shape index (κ2) is 26.0. The second-order valence-electron chi connectivity index (χ2n) is 18.5. The number of benzene rings is 3. The Balaban J connectivity index is 0.000000339. The first-order valence-electron chi connectivity index (χ1n) is 24.4. The topological polar surface area (TPSA) is 274 Å². The van der Waals surface area contributed by atoms with Gasteiger partial charge in [-0.15, -0.1) is 0 Å². The van der Waals surface area contributed by atoms with Gasteiger partial charge in [0.15, 0.2) is 12.1 Å². The average molecular weight is 989 g/mol. The van der Waals surface area contributed by atoms with E-state index in [2.05, 4.69) is 61.8 Å². The Kier molecular flexibility index (Phi) is 19.9. The van der Waals surface area contributed by atoms with E-state index in [9.17, 15) is 43.2 Å². The second-order valence-corrected chi connectivity index (χ2v) is 18.5. The predicted octanol–water partition coefficient (Wildman–Crippen LogP) is 5.01. The molecular formula is C53H68N10O9. The maximum Gasteiger partial charge on any atom is 0.312 e. The SMILES string of the molecule is CCC1CC(=O)N(CCCC(=O)NCCNC(C(=O)NCC(=O)Nc2ccc(C(=O)Nc3ccc4[nH]c(C=O)cc4c3)cc2)C(C)C)C1=O.CCCNC(N)=O.CN1CCC2(C)C1=CC(=O)c1ccccc12. The number of anilines is 2. The van der Waals surface area contributed by atoms with Crippen molar-refractivity contribution in [2.75, 3.05) is 56.9 Å². The molecule has 3 aromatic carbocycles. The molecule has 3 aliphatic rings. The van der Waals surface area contributed by atoms with E-state index >= 15 is 0 Å². The lowest BCUT2D eigenvalue weighted by Gasteiger charge is -2.32. The lowest BCUT2D eigenvalue weighted by Crippen LogP contribution is -2.50. The summed E-state index contributed by atoms with van der Waals surface area (Å²) in [5.74, 6) is -1.93. The normalized spacial score (nSPS) is 17.1. The van der Waals surface area contributed by atoms with Crippen molar-refractivity contribution < 1.29 is 43.2 Å². The first kappa shape index (κ1) is 55.3. The van der Waals surface area contributed by atoms with Crippen molar-refractivity contribution in [1.82, 2.24) is 36.1 Å². The van der Waals surface area contributed by atoms with E-state index in [1.165, 1.54) is 16.2 Å². The molecule has 3 unspecified atom stereocenters. The van der Waals surface area contributed by atoms with Crippen LogP contribution in [0.1, 0.15) is 110 Å². The Morgan fingerprint density at radius 1 is 0.875 bits per heavy atom. The minimum Gasteiger partial charge on any atom is -0.377 e. The lowest BCUT2D eigenvalue weighted by atomic mass is 9.73. The maximum absolute atomic E-state index is 12.8. The molecule has 8 amide bonds. The summed E-state index contributed by atoms with van der Waals surface area (Å²) in [7, 11) is 2.07. The average Bonchev–Trinajstić information content (AvgIpc) is 4.01. The number of amides is 8. The highest BCUT2D eigenvalue weighted by Crippen LogP contribution is 2.46. The summed E-state index contributed by atoms with van der Waals surface area (Å²) in [4.78, 5) is 114. The van der Waals surface area contributed by atoms with Gasteiger partial charge >= 0.3 is 6.03 Å². The van der Waals surface area contributed by atoms with Crippen molar-refractivity contribution in [3.63, 3.8) is 0 Å². The van der Waals surface area contributed by atoms with E-state index in [0.717, 1.165) is 42.1 Å². The van der Waals surface area contributed by atoms with Gasteiger partial charge in [0.25, 0.3) is 5.91 Å². The summed E-state index contributed by atoms with van der Waals surface area (Å²) in [5.41, 5.74) is 10.6. The zero-order chi connectivity index (χ0) is 52.5. The highest BCUT2D eigenvalue weighted by Gasteiger charge is 2.43. The first-order chi connectivity index (χ1) is 34.4. The van der Waals surface area contributed by atoms with Gasteiger partial charge in [0.05, 0.1) is 18.3 Å². The highest BCUT2D eigenvalue weighted by molar-refractivity contribution is 6.08. The summed E-state index contributed by atoms with van der Waals surface area (Å²) in [5, 5.41) is 17.2. The number of allylic oxidation sites excluding steroid dienone is 2. The Labute approximate surface area is 419 Å². The number of H-pyrrole nitrogens is 1. The van der Waals surface area contributed by atoms with Crippen LogP contribution in [-0.2, 0) is 29.4 Å². The molecule has 1 aliphatic carbocycles. The van der Waals surface area contributed by atoms with Gasteiger partial charge in [-0.2, -0.15) is 0 Å². The number of urea groups is 1. The van der Waals surface area contributed by atoms with Crippen molar-refractivity contribution >= 4 is 75.8 Å². The van der Waals surface area contributed by atoms with Crippen LogP contribution in [0, 0.1) is 11.8 Å². The van der Waals surface area contributed by atoms with Gasteiger partial charge < -0.3 is 47.5 Å². The molecule has 0 bridgehead atoms. The van der Waals surface area contributed by atoms with Crippen LogP contribution in [0.15, 0.2) is 84.6 Å². The molecule has 72 heavy (non-hydrogen) atoms. The number of carbonyl (C=O) groups excluding carboxylic acids is 9. The quantitative estimate of drug-likeness (QED) is 0.0352. The number of imide groups is 1. The lowest BCUT2D eigenvalue weighted by molar-refractivity contribution is -0.140. The van der Waals surface area contributed by atoms with Crippen molar-refractivity contribution in [2.45, 2.75) is 84.6 Å². The number of nitrogens with zero attached hydrogens (tertiary/aromatic N) is 2. The number of rotatable bonds is 19. The minimum atomic E-state index is -0.605. The molecule has 0 radical (unpaired) electrons. The number of hydrogen-bond acceptors (Lipinski definition) is 11. The van der Waals surface area contributed by atoms with E-state index < -0.39 is 18.0 Å². The number of hydrogen-bond donors (Lipinski definition) is 8. The number of primary amides is 1. The van der Waals surface area contributed by atoms with Gasteiger partial charge in [0, 0.05) is 109 Å². The number of nitrogens with two attached hydrogens (primary N) is 1. The summed E-state index contributed by atoms with van der Waals surface area (Å²) in [6.45, 7) is 12.1. The van der Waals surface area contributed by atoms with Crippen molar-refractivity contribution in [2.24, 2.45) is 17.6 Å². The van der Waals surface area contributed by atoms with Crippen LogP contribution in [0.2, 0.25) is 0 Å². The van der Waals surface area contributed by atoms with Gasteiger partial charge in [0.2, 0.25) is 29.5 Å². The number of aromatic nitrogens is 1. The number of aldehydes is 1. The van der Waals surface area contributed by atoms with E-state index in [1.54, 1.807) is 48.5 Å². The van der Waals surface area contributed by atoms with Crippen LogP contribution in [0.25, 0.3) is 10.9 Å². The highest BCUT2D eigenvalue weighted by atomic mass is 16.2. The maximum atomic E-state index is 12.8. The number of ketones is 1. The number of likely N-dealkylation sites (N-methyl/N-ethyl adjacent to an activating group) is 1. The van der Waals surface area contributed by atoms with Crippen LogP contribution < -0.4 is 37.6 Å². The standard InChI is InChI=1S/C35H43N7O7.C14H15NO.C4H10N2O/c1-4-22-18-31(46)42(35(22)49)15-5-6-29(44)36-13-14-37-32(21(2)3)34(48)38-19-30(45)40-25-9-7-23(8-10-25)33(47)41-26-11-12-28-24(16-26)17-27(20-43)39-28;1-14-7-8-15(2)13(14)9-12(16)10-5-3-4-6-11(10)14;1-2-3-6-4(5)7/h7-12,16-17,20-22,32,37,39H,4-6,13-15,18-19H2,1-3H3,(H,36,44)(H,38,48)(H,40,45)(H,41,47);3-6,9H,7-8H2,1-2H3;2-3H2,1H3,(H3,5,6,7). The fourth-order valence-electron chi connectivity index (χ4n) is 8.77. The van der Waals surface area contributed by atoms with E-state index in [1.807, 2.05) is 52.0 Å². The molecule has 384 valence electrons. The van der Waals surface area contributed by atoms with Gasteiger partial charge in [-0.05, 0) is 92.6 Å². The third-order valence-corrected chi connectivity index (χ3v) is 12.8. The van der Waals surface area contributed by atoms with Crippen molar-refractivity contribution in [3.05, 3.63) is 107 Å². The monoisotopic (exact) mass is 989 g/mol. The molecule has 2 saturated heterocycles. The Morgan fingerprint density at radius 3 is 2.25 bits per heavy atom. The number of likely N-dealkylation sites (tertiary alicyclic amines) is 2. The molecule has 19 nitrogen and oxygen atoms in total. The molecule has 3 atom stereocenters. The fraction of sp³-hybridized carbons (Fsp3) is 0.415. The molecule has 1 aromatic heterocycles. The molecule has 2 fully saturated rings. The molecule has 19 heteroatoms.